The topological polar surface area (TPSA) is 43.4 Å². The van der Waals surface area contributed by atoms with Crippen LogP contribution in [0.25, 0.3) is 0 Å². The summed E-state index contributed by atoms with van der Waals surface area (Å²) in [4.78, 5) is 0. The van der Waals surface area contributed by atoms with E-state index in [2.05, 4.69) is 20.1 Å². The van der Waals surface area contributed by atoms with Crippen molar-refractivity contribution in [1.29, 1.82) is 0 Å². The van der Waals surface area contributed by atoms with Crippen molar-refractivity contribution in [3.8, 4) is 0 Å². The van der Waals surface area contributed by atoms with Crippen LogP contribution in [0.1, 0.15) is 0 Å². The van der Waals surface area contributed by atoms with Crippen LogP contribution in [0.15, 0.2) is 21.7 Å². The van der Waals surface area contributed by atoms with Crippen molar-refractivity contribution >= 4 is 37.4 Å². The van der Waals surface area contributed by atoms with Gasteiger partial charge in [0.25, 0.3) is 0 Å². The number of rotatable bonds is 4. The van der Waals surface area contributed by atoms with Gasteiger partial charge in [-0.05, 0) is 11.4 Å². The minimum atomic E-state index is -3.49. The first-order valence-electron chi connectivity index (χ1n) is 3.16. The van der Waals surface area contributed by atoms with E-state index >= 15 is 0 Å². The zero-order valence-electron chi connectivity index (χ0n) is 6.07. The SMILES string of the molecule is O=S(=O)(OCCBr)c1cccs1. The molecule has 0 aliphatic rings. The number of thiophene rings is 1. The number of alkyl halides is 1. The Morgan fingerprint density at radius 1 is 1.58 bits per heavy atom. The lowest BCUT2D eigenvalue weighted by molar-refractivity contribution is 0.343. The molecule has 3 nitrogen and oxygen atoms in total. The van der Waals surface area contributed by atoms with Crippen molar-refractivity contribution in [3.63, 3.8) is 0 Å². The van der Waals surface area contributed by atoms with Crippen molar-refractivity contribution in [1.82, 2.24) is 0 Å². The van der Waals surface area contributed by atoms with E-state index in [1.54, 1.807) is 11.4 Å². The van der Waals surface area contributed by atoms with Gasteiger partial charge in [0.2, 0.25) is 0 Å². The van der Waals surface area contributed by atoms with Crippen LogP contribution in [0.5, 0.6) is 0 Å². The Bertz CT molecular complexity index is 317. The third-order valence-corrected chi connectivity index (χ3v) is 4.05. The molecule has 0 radical (unpaired) electrons. The van der Waals surface area contributed by atoms with Gasteiger partial charge in [-0.25, -0.2) is 0 Å². The summed E-state index contributed by atoms with van der Waals surface area (Å²) >= 11 is 4.23. The molecule has 0 saturated heterocycles. The number of hydrogen-bond acceptors (Lipinski definition) is 4. The van der Waals surface area contributed by atoms with Crippen LogP contribution in [0.4, 0.5) is 0 Å². The zero-order valence-corrected chi connectivity index (χ0v) is 9.28. The maximum atomic E-state index is 11.2. The lowest BCUT2D eigenvalue weighted by Crippen LogP contribution is -2.06. The van der Waals surface area contributed by atoms with Crippen molar-refractivity contribution in [2.24, 2.45) is 0 Å². The lowest BCUT2D eigenvalue weighted by Gasteiger charge is -1.99. The second-order valence-corrected chi connectivity index (χ2v) is 5.48. The summed E-state index contributed by atoms with van der Waals surface area (Å²) in [6.07, 6.45) is 0. The molecule has 1 aromatic heterocycles. The summed E-state index contributed by atoms with van der Waals surface area (Å²) in [5.41, 5.74) is 0. The second kappa shape index (κ2) is 4.36. The first-order chi connectivity index (χ1) is 5.67. The number of hydrogen-bond donors (Lipinski definition) is 0. The highest BCUT2D eigenvalue weighted by Gasteiger charge is 2.14. The Hall–Kier alpha value is 0.0900. The van der Waals surface area contributed by atoms with Crippen molar-refractivity contribution < 1.29 is 12.6 Å². The molecule has 68 valence electrons. The fraction of sp³-hybridized carbons (Fsp3) is 0.333. The van der Waals surface area contributed by atoms with Crippen LogP contribution in [-0.2, 0) is 14.3 Å². The zero-order chi connectivity index (χ0) is 9.03. The molecule has 1 heterocycles. The highest BCUT2D eigenvalue weighted by molar-refractivity contribution is 9.09. The van der Waals surface area contributed by atoms with Gasteiger partial charge in [-0.15, -0.1) is 11.3 Å². The van der Waals surface area contributed by atoms with Crippen LogP contribution in [0, 0.1) is 0 Å². The average molecular weight is 271 g/mol. The molecule has 0 amide bonds. The first-order valence-corrected chi connectivity index (χ1v) is 6.56. The Balaban J connectivity index is 2.74. The maximum Gasteiger partial charge on any atom is 0.306 e. The normalized spacial score (nSPS) is 11.8. The average Bonchev–Trinajstić information content (AvgIpc) is 2.53. The van der Waals surface area contributed by atoms with Gasteiger partial charge in [-0.3, -0.25) is 4.18 Å². The third-order valence-electron chi connectivity index (χ3n) is 1.06. The molecule has 0 bridgehead atoms. The Kier molecular flexibility index (Phi) is 3.70. The quantitative estimate of drug-likeness (QED) is 0.620. The molecule has 0 aliphatic carbocycles. The van der Waals surface area contributed by atoms with Gasteiger partial charge < -0.3 is 0 Å². The van der Waals surface area contributed by atoms with E-state index < -0.39 is 10.1 Å². The largest absolute Gasteiger partial charge is 0.306 e. The standard InChI is InChI=1S/C6H7BrO3S2/c7-3-4-10-12(8,9)6-2-1-5-11-6/h1-2,5H,3-4H2. The molecule has 12 heavy (non-hydrogen) atoms. The van der Waals surface area contributed by atoms with Crippen LogP contribution in [-0.4, -0.2) is 20.4 Å². The van der Waals surface area contributed by atoms with E-state index in [1.807, 2.05) is 0 Å². The molecular weight excluding hydrogens is 264 g/mol. The Morgan fingerprint density at radius 3 is 2.83 bits per heavy atom. The smallest absolute Gasteiger partial charge is 0.265 e. The fourth-order valence-corrected chi connectivity index (χ4v) is 2.88. The van der Waals surface area contributed by atoms with Gasteiger partial charge in [0.1, 0.15) is 4.21 Å². The molecule has 1 aromatic rings. The van der Waals surface area contributed by atoms with E-state index in [4.69, 9.17) is 0 Å². The van der Waals surface area contributed by atoms with Gasteiger partial charge >= 0.3 is 10.1 Å². The highest BCUT2D eigenvalue weighted by Crippen LogP contribution is 2.17. The third kappa shape index (κ3) is 2.55. The summed E-state index contributed by atoms with van der Waals surface area (Å²) in [6, 6.07) is 3.20. The van der Waals surface area contributed by atoms with Crippen LogP contribution >= 0.6 is 27.3 Å². The summed E-state index contributed by atoms with van der Waals surface area (Å²) < 4.78 is 27.4. The summed E-state index contributed by atoms with van der Waals surface area (Å²) in [5.74, 6) is 0. The van der Waals surface area contributed by atoms with E-state index in [0.717, 1.165) is 11.3 Å². The minimum absolute atomic E-state index is 0.167. The van der Waals surface area contributed by atoms with E-state index in [-0.39, 0.29) is 10.8 Å². The van der Waals surface area contributed by atoms with Crippen LogP contribution in [0.3, 0.4) is 0 Å². The van der Waals surface area contributed by atoms with Crippen LogP contribution in [0.2, 0.25) is 0 Å². The summed E-state index contributed by atoms with van der Waals surface area (Å²) in [5, 5.41) is 2.21. The van der Waals surface area contributed by atoms with E-state index in [1.165, 1.54) is 6.07 Å². The second-order valence-electron chi connectivity index (χ2n) is 1.90. The molecule has 0 N–H and O–H groups in total. The molecule has 0 aliphatic heterocycles. The van der Waals surface area contributed by atoms with E-state index in [9.17, 15) is 8.42 Å². The van der Waals surface area contributed by atoms with Gasteiger partial charge in [0, 0.05) is 5.33 Å². The predicted octanol–water partition coefficient (Wildman–Crippen LogP) is 1.85. The Morgan fingerprint density at radius 2 is 2.33 bits per heavy atom. The molecule has 0 spiro atoms. The van der Waals surface area contributed by atoms with Crippen molar-refractivity contribution in [2.45, 2.75) is 4.21 Å². The highest BCUT2D eigenvalue weighted by atomic mass is 79.9. The molecule has 0 unspecified atom stereocenters. The molecule has 0 aromatic carbocycles. The van der Waals surface area contributed by atoms with Crippen molar-refractivity contribution in [2.75, 3.05) is 11.9 Å². The van der Waals surface area contributed by atoms with Gasteiger partial charge in [0.15, 0.2) is 0 Å². The number of halogens is 1. The monoisotopic (exact) mass is 270 g/mol. The molecule has 1 rings (SSSR count). The minimum Gasteiger partial charge on any atom is -0.265 e. The van der Waals surface area contributed by atoms with Gasteiger partial charge in [-0.1, -0.05) is 22.0 Å². The molecule has 0 saturated carbocycles. The molecular formula is C6H7BrO3S2. The van der Waals surface area contributed by atoms with Gasteiger partial charge in [0.05, 0.1) is 6.61 Å². The molecule has 0 fully saturated rings. The Labute approximate surface area is 83.6 Å². The summed E-state index contributed by atoms with van der Waals surface area (Å²) in [6.45, 7) is 0.167. The fourth-order valence-electron chi connectivity index (χ4n) is 0.605. The van der Waals surface area contributed by atoms with Crippen LogP contribution < -0.4 is 0 Å². The lowest BCUT2D eigenvalue weighted by atomic mass is 10.7. The van der Waals surface area contributed by atoms with E-state index in [0.29, 0.717) is 5.33 Å². The maximum absolute atomic E-state index is 11.2. The predicted molar refractivity (Wildman–Crippen MR) is 51.3 cm³/mol. The first kappa shape index (κ1) is 10.2. The van der Waals surface area contributed by atoms with Gasteiger partial charge in [-0.2, -0.15) is 8.42 Å². The summed E-state index contributed by atoms with van der Waals surface area (Å²) in [7, 11) is -3.49. The molecule has 6 heteroatoms. The molecule has 0 atom stereocenters. The van der Waals surface area contributed by atoms with Crippen molar-refractivity contribution in [3.05, 3.63) is 17.5 Å².